The maximum Gasteiger partial charge on any atom is 0.297 e. The number of ether oxygens (including phenoxy) is 1. The van der Waals surface area contributed by atoms with Crippen LogP contribution in [0.3, 0.4) is 0 Å². The molecule has 0 fully saturated rings. The molecule has 0 spiro atoms. The summed E-state index contributed by atoms with van der Waals surface area (Å²) in [6.07, 6.45) is 1.70. The summed E-state index contributed by atoms with van der Waals surface area (Å²) in [4.78, 5) is 6.34. The van der Waals surface area contributed by atoms with E-state index in [-0.39, 0.29) is 0 Å². The molecule has 0 saturated heterocycles. The van der Waals surface area contributed by atoms with Gasteiger partial charge in [-0.2, -0.15) is 4.98 Å². The van der Waals surface area contributed by atoms with Crippen LogP contribution < -0.4 is 10.2 Å². The highest BCUT2D eigenvalue weighted by atomic mass is 16.5. The molecule has 0 saturated carbocycles. The predicted octanol–water partition coefficient (Wildman–Crippen LogP) is 1.50. The Morgan fingerprint density at radius 3 is 2.94 bits per heavy atom. The normalized spacial score (nSPS) is 11.1. The Labute approximate surface area is 103 Å². The van der Waals surface area contributed by atoms with Gasteiger partial charge in [-0.15, -0.1) is 0 Å². The molecule has 0 radical (unpaired) electrons. The van der Waals surface area contributed by atoms with Gasteiger partial charge in [0, 0.05) is 27.2 Å². The Morgan fingerprint density at radius 1 is 1.53 bits per heavy atom. The van der Waals surface area contributed by atoms with Gasteiger partial charge in [-0.3, -0.25) is 0 Å². The van der Waals surface area contributed by atoms with Crippen molar-refractivity contribution in [2.75, 3.05) is 38.8 Å². The van der Waals surface area contributed by atoms with E-state index in [2.05, 4.69) is 24.1 Å². The lowest BCUT2D eigenvalue weighted by Gasteiger charge is -2.12. The number of likely N-dealkylation sites (N-methyl/N-ethyl adjacent to an activating group) is 1. The molecule has 0 aromatic carbocycles. The fourth-order valence-corrected chi connectivity index (χ4v) is 1.37. The summed E-state index contributed by atoms with van der Waals surface area (Å²) < 4.78 is 10.4. The van der Waals surface area contributed by atoms with E-state index in [4.69, 9.17) is 9.15 Å². The molecular weight excluding hydrogens is 218 g/mol. The first-order chi connectivity index (χ1) is 8.13. The van der Waals surface area contributed by atoms with Gasteiger partial charge >= 0.3 is 0 Å². The van der Waals surface area contributed by atoms with Crippen molar-refractivity contribution in [3.63, 3.8) is 0 Å². The number of hydrogen-bond donors (Lipinski definition) is 1. The topological polar surface area (TPSA) is 50.5 Å². The highest BCUT2D eigenvalue weighted by Gasteiger charge is 2.08. The molecular formula is C12H23N3O2. The number of anilines is 1. The van der Waals surface area contributed by atoms with E-state index >= 15 is 0 Å². The molecule has 0 bridgehead atoms. The number of aromatic nitrogens is 1. The molecule has 5 nitrogen and oxygen atoms in total. The smallest absolute Gasteiger partial charge is 0.297 e. The van der Waals surface area contributed by atoms with Crippen LogP contribution in [0.15, 0.2) is 10.7 Å². The third-order valence-corrected chi connectivity index (χ3v) is 2.36. The lowest BCUT2D eigenvalue weighted by atomic mass is 10.2. The molecule has 1 aromatic rings. The average molecular weight is 241 g/mol. The molecule has 1 N–H and O–H groups in total. The van der Waals surface area contributed by atoms with Crippen LogP contribution >= 0.6 is 0 Å². The molecule has 0 amide bonds. The standard InChI is InChI=1S/C12H23N3O2/c1-10(2)7-13-8-11-9-17-12(14-11)15(3)5-6-16-4/h9-10,13H,5-8H2,1-4H3. The quantitative estimate of drug-likeness (QED) is 0.747. The Balaban J connectivity index is 2.36. The first kappa shape index (κ1) is 14.0. The maximum atomic E-state index is 5.40. The van der Waals surface area contributed by atoms with Crippen molar-refractivity contribution in [3.8, 4) is 0 Å². The molecule has 1 heterocycles. The van der Waals surface area contributed by atoms with Crippen LogP contribution in [0.5, 0.6) is 0 Å². The molecule has 98 valence electrons. The molecule has 0 aliphatic rings. The van der Waals surface area contributed by atoms with Gasteiger partial charge in [0.05, 0.1) is 12.3 Å². The number of methoxy groups -OCH3 is 1. The first-order valence-corrected chi connectivity index (χ1v) is 5.98. The summed E-state index contributed by atoms with van der Waals surface area (Å²) in [5, 5.41) is 3.33. The zero-order valence-electron chi connectivity index (χ0n) is 11.2. The highest BCUT2D eigenvalue weighted by molar-refractivity contribution is 5.24. The van der Waals surface area contributed by atoms with Gasteiger partial charge in [-0.25, -0.2) is 0 Å². The Hall–Kier alpha value is -1.07. The number of nitrogens with one attached hydrogen (secondary N) is 1. The zero-order chi connectivity index (χ0) is 12.7. The van der Waals surface area contributed by atoms with Gasteiger partial charge in [0.25, 0.3) is 6.01 Å². The van der Waals surface area contributed by atoms with E-state index in [1.165, 1.54) is 0 Å². The van der Waals surface area contributed by atoms with Crippen LogP contribution in [0.25, 0.3) is 0 Å². The van der Waals surface area contributed by atoms with Crippen LogP contribution in [0.1, 0.15) is 19.5 Å². The van der Waals surface area contributed by atoms with Gasteiger partial charge in [0.2, 0.25) is 0 Å². The van der Waals surface area contributed by atoms with Crippen LogP contribution in [0, 0.1) is 5.92 Å². The maximum absolute atomic E-state index is 5.40. The van der Waals surface area contributed by atoms with Crippen molar-refractivity contribution in [1.82, 2.24) is 10.3 Å². The SMILES string of the molecule is COCCN(C)c1nc(CNCC(C)C)co1. The highest BCUT2D eigenvalue weighted by Crippen LogP contribution is 2.11. The lowest BCUT2D eigenvalue weighted by molar-refractivity contribution is 0.205. The number of hydrogen-bond acceptors (Lipinski definition) is 5. The lowest BCUT2D eigenvalue weighted by Crippen LogP contribution is -2.22. The van der Waals surface area contributed by atoms with E-state index in [0.717, 1.165) is 25.3 Å². The van der Waals surface area contributed by atoms with Gasteiger partial charge in [-0.05, 0) is 12.5 Å². The van der Waals surface area contributed by atoms with Crippen molar-refractivity contribution in [2.45, 2.75) is 20.4 Å². The van der Waals surface area contributed by atoms with E-state index in [0.29, 0.717) is 18.5 Å². The van der Waals surface area contributed by atoms with E-state index < -0.39 is 0 Å². The fourth-order valence-electron chi connectivity index (χ4n) is 1.37. The second-order valence-electron chi connectivity index (χ2n) is 4.56. The molecule has 17 heavy (non-hydrogen) atoms. The van der Waals surface area contributed by atoms with Gasteiger partial charge in [0.1, 0.15) is 6.26 Å². The van der Waals surface area contributed by atoms with Gasteiger partial charge < -0.3 is 19.4 Å². The second kappa shape index (κ2) is 7.29. The number of rotatable bonds is 8. The molecule has 0 unspecified atom stereocenters. The summed E-state index contributed by atoms with van der Waals surface area (Å²) in [6, 6.07) is 0.642. The van der Waals surface area contributed by atoms with Gasteiger partial charge in [0.15, 0.2) is 0 Å². The van der Waals surface area contributed by atoms with E-state index in [1.807, 2.05) is 11.9 Å². The third kappa shape index (κ3) is 5.19. The van der Waals surface area contributed by atoms with E-state index in [1.54, 1.807) is 13.4 Å². The predicted molar refractivity (Wildman–Crippen MR) is 68.2 cm³/mol. The minimum absolute atomic E-state index is 0.642. The average Bonchev–Trinajstić information content (AvgIpc) is 2.74. The van der Waals surface area contributed by atoms with Crippen molar-refractivity contribution < 1.29 is 9.15 Å². The van der Waals surface area contributed by atoms with Crippen LogP contribution in [-0.4, -0.2) is 38.8 Å². The molecule has 0 atom stereocenters. The van der Waals surface area contributed by atoms with Crippen LogP contribution in [-0.2, 0) is 11.3 Å². The first-order valence-electron chi connectivity index (χ1n) is 5.98. The minimum atomic E-state index is 0.642. The zero-order valence-corrected chi connectivity index (χ0v) is 11.2. The fraction of sp³-hybridized carbons (Fsp3) is 0.750. The van der Waals surface area contributed by atoms with Crippen molar-refractivity contribution in [1.29, 1.82) is 0 Å². The monoisotopic (exact) mass is 241 g/mol. The Bertz CT molecular complexity index is 312. The summed E-state index contributed by atoms with van der Waals surface area (Å²) in [5.41, 5.74) is 0.935. The molecule has 1 rings (SSSR count). The third-order valence-electron chi connectivity index (χ3n) is 2.36. The minimum Gasteiger partial charge on any atom is -0.432 e. The summed E-state index contributed by atoms with van der Waals surface area (Å²) >= 11 is 0. The molecule has 1 aromatic heterocycles. The summed E-state index contributed by atoms with van der Waals surface area (Å²) in [6.45, 7) is 7.54. The number of oxazole rings is 1. The van der Waals surface area contributed by atoms with Crippen LogP contribution in [0.4, 0.5) is 6.01 Å². The van der Waals surface area contributed by atoms with Crippen LogP contribution in [0.2, 0.25) is 0 Å². The Kier molecular flexibility index (Phi) is 6.00. The molecule has 0 aliphatic heterocycles. The van der Waals surface area contributed by atoms with Crippen molar-refractivity contribution >= 4 is 6.01 Å². The summed E-state index contributed by atoms with van der Waals surface area (Å²) in [7, 11) is 3.63. The summed E-state index contributed by atoms with van der Waals surface area (Å²) in [5.74, 6) is 0.644. The van der Waals surface area contributed by atoms with Gasteiger partial charge in [-0.1, -0.05) is 13.8 Å². The van der Waals surface area contributed by atoms with Crippen molar-refractivity contribution in [3.05, 3.63) is 12.0 Å². The largest absolute Gasteiger partial charge is 0.432 e. The number of nitrogens with zero attached hydrogens (tertiary/aromatic N) is 2. The second-order valence-corrected chi connectivity index (χ2v) is 4.56. The Morgan fingerprint density at radius 2 is 2.29 bits per heavy atom. The van der Waals surface area contributed by atoms with E-state index in [9.17, 15) is 0 Å². The van der Waals surface area contributed by atoms with Crippen molar-refractivity contribution in [2.24, 2.45) is 5.92 Å². The molecule has 5 heteroatoms. The molecule has 0 aliphatic carbocycles.